The van der Waals surface area contributed by atoms with Crippen LogP contribution in [0.1, 0.15) is 118 Å². The van der Waals surface area contributed by atoms with E-state index < -0.39 is 139 Å². The fourth-order valence-electron chi connectivity index (χ4n) is 11.8. The van der Waals surface area contributed by atoms with E-state index in [4.69, 9.17) is 52.6 Å². The molecule has 13 atom stereocenters. The van der Waals surface area contributed by atoms with E-state index in [1.807, 2.05) is 44.2 Å². The molecule has 3 aromatic rings. The summed E-state index contributed by atoms with van der Waals surface area (Å²) in [5.74, 6) is -6.00. The van der Waals surface area contributed by atoms with Gasteiger partial charge in [0.15, 0.2) is 6.10 Å². The number of nitrogens with one attached hydrogen (secondary N) is 2. The lowest BCUT2D eigenvalue weighted by Crippen LogP contribution is -2.60. The van der Waals surface area contributed by atoms with Crippen molar-refractivity contribution in [1.29, 1.82) is 0 Å². The van der Waals surface area contributed by atoms with Gasteiger partial charge in [0, 0.05) is 72.5 Å². The van der Waals surface area contributed by atoms with Crippen LogP contribution >= 0.6 is 0 Å². The van der Waals surface area contributed by atoms with Crippen LogP contribution in [-0.2, 0) is 95.8 Å². The van der Waals surface area contributed by atoms with Gasteiger partial charge in [0.05, 0.1) is 62.1 Å². The van der Waals surface area contributed by atoms with Crippen LogP contribution in [0.2, 0.25) is 0 Å². The minimum Gasteiger partial charge on any atom is -0.467 e. The number of benzene rings is 2. The van der Waals surface area contributed by atoms with Crippen LogP contribution < -0.4 is 15.4 Å². The summed E-state index contributed by atoms with van der Waals surface area (Å²) in [5.41, 5.74) is 10.4. The Morgan fingerprint density at radius 3 is 2.11 bits per heavy atom. The van der Waals surface area contributed by atoms with Crippen molar-refractivity contribution >= 4 is 64.6 Å². The molecule has 0 aliphatic carbocycles. The Morgan fingerprint density at radius 2 is 1.52 bits per heavy atom. The Hall–Kier alpha value is -8.00. The largest absolute Gasteiger partial charge is 0.467 e. The molecule has 2 saturated heterocycles. The molecular weight excluding hydrogens is 1170 g/mol. The summed E-state index contributed by atoms with van der Waals surface area (Å²) in [6.07, 6.45) is -5.26. The number of likely N-dealkylation sites (tertiary alicyclic amines) is 1. The highest BCUT2D eigenvalue weighted by Gasteiger charge is 2.47. The number of amides is 5. The molecule has 5 rings (SSSR count). The van der Waals surface area contributed by atoms with Crippen molar-refractivity contribution < 1.29 is 90.2 Å². The topological polar surface area (TPSA) is 332 Å². The van der Waals surface area contributed by atoms with Gasteiger partial charge < -0.3 is 67.5 Å². The molecule has 0 saturated carbocycles. The zero-order valence-electron chi connectivity index (χ0n) is 54.3. The molecule has 2 N–H and O–H groups in total. The molecule has 496 valence electrons. The van der Waals surface area contributed by atoms with E-state index in [9.17, 15) is 43.2 Å². The Balaban J connectivity index is 1.30. The summed E-state index contributed by atoms with van der Waals surface area (Å²) in [4.78, 5) is 128. The average molecular weight is 1260 g/mol. The van der Waals surface area contributed by atoms with Crippen molar-refractivity contribution in [3.05, 3.63) is 75.9 Å². The lowest BCUT2D eigenvalue weighted by atomic mass is 9.89. The van der Waals surface area contributed by atoms with Crippen LogP contribution in [0.3, 0.4) is 0 Å². The molecule has 90 heavy (non-hydrogen) atoms. The normalized spacial score (nSPS) is 20.0. The number of carbonyl (C=O) groups is 9. The molecule has 27 nitrogen and oxygen atoms in total. The Bertz CT molecular complexity index is 3010. The SMILES string of the molecule is CCC(C)[C@@H]([C@@H](CC(=O)N1CCC[C@H]1[C@H](OC)[C@@H](C)C(=O)NC(Cc1ccccc1)C(=O)OC)OC)N(C)C(=O)[C@@H](NC(=O)[C@H](C(C)C)N(C)C(=O)OCc1ccc(O[C@H]2C[C@@H](OC(C)=O)[C@@H](OC(C)=O)[C@@H](COC(C)=O)O2)c2cc(CN=[N+]=[N-])oc12)C(C)C. The molecule has 2 aromatic carbocycles. The number of rotatable bonds is 31. The van der Waals surface area contributed by atoms with Gasteiger partial charge in [-0.1, -0.05) is 90.3 Å². The third-order valence-electron chi connectivity index (χ3n) is 16.4. The number of fused-ring (bicyclic) bond motifs is 1. The number of likely N-dealkylation sites (N-methyl/N-ethyl adjacent to an activating group) is 2. The summed E-state index contributed by atoms with van der Waals surface area (Å²) >= 11 is 0. The van der Waals surface area contributed by atoms with Gasteiger partial charge in [-0.05, 0) is 59.9 Å². The predicted molar refractivity (Wildman–Crippen MR) is 324 cm³/mol. The standard InChI is InChI=1S/C63H90N8O19/c1-16-36(6)55(48(81-13)29-51(75)71-26-20-23-46(71)56(82-14)37(7)59(76)66-45(62(79)83-15)27-41-21-18-17-19-22-41)69(11)61(78)53(34(2)3)67-60(77)54(35(4)5)70(12)63(80)85-32-42-24-25-47(44-28-43(31-65-68-64)88-57(42)44)89-52-30-49(86-39(9)73)58(87-40(10)74)50(90-52)33-84-38(8)72/h17-19,21-22,24-25,28,34-37,45-46,48-50,52-56,58H,16,20,23,26-27,29-33H2,1-15H3,(H,66,76)(H,67,77)/t36?,37-,45?,46+,48-,49-,50-,52-,53+,54+,55+,56-,58-/m1/s1. The van der Waals surface area contributed by atoms with Gasteiger partial charge in [-0.3, -0.25) is 38.5 Å². The number of hydrogen-bond donors (Lipinski definition) is 2. The smallest absolute Gasteiger partial charge is 0.410 e. The van der Waals surface area contributed by atoms with Crippen molar-refractivity contribution in [3.8, 4) is 5.75 Å². The zero-order chi connectivity index (χ0) is 66.7. The van der Waals surface area contributed by atoms with E-state index in [0.29, 0.717) is 36.8 Å². The number of azide groups is 1. The average Bonchev–Trinajstić information content (AvgIpc) is 1.58. The zero-order valence-corrected chi connectivity index (χ0v) is 54.3. The van der Waals surface area contributed by atoms with Crippen LogP contribution in [0.25, 0.3) is 21.4 Å². The molecule has 0 radical (unpaired) electrons. The van der Waals surface area contributed by atoms with E-state index in [-0.39, 0.29) is 61.3 Å². The molecule has 2 aliphatic rings. The second-order valence-corrected chi connectivity index (χ2v) is 23.5. The first-order chi connectivity index (χ1) is 42.7. The molecular formula is C63H90N8O19. The maximum atomic E-state index is 14.9. The van der Waals surface area contributed by atoms with Crippen molar-refractivity contribution in [1.82, 2.24) is 25.3 Å². The van der Waals surface area contributed by atoms with Crippen LogP contribution in [0, 0.1) is 23.7 Å². The Labute approximate surface area is 525 Å². The van der Waals surface area contributed by atoms with E-state index in [0.717, 1.165) is 10.5 Å². The summed E-state index contributed by atoms with van der Waals surface area (Å²) in [5, 5.41) is 9.72. The van der Waals surface area contributed by atoms with Gasteiger partial charge in [0.25, 0.3) is 0 Å². The van der Waals surface area contributed by atoms with Crippen LogP contribution in [0.15, 0.2) is 58.1 Å². The van der Waals surface area contributed by atoms with Crippen LogP contribution in [0.5, 0.6) is 5.75 Å². The van der Waals surface area contributed by atoms with Crippen molar-refractivity contribution in [2.45, 2.75) is 188 Å². The van der Waals surface area contributed by atoms with E-state index in [2.05, 4.69) is 20.7 Å². The highest BCUT2D eigenvalue weighted by Crippen LogP contribution is 2.37. The fourth-order valence-corrected chi connectivity index (χ4v) is 11.8. The third kappa shape index (κ3) is 19.3. The maximum Gasteiger partial charge on any atom is 0.410 e. The van der Waals surface area contributed by atoms with Crippen molar-refractivity contribution in [3.63, 3.8) is 0 Å². The van der Waals surface area contributed by atoms with E-state index in [1.54, 1.807) is 64.8 Å². The molecule has 3 heterocycles. The maximum absolute atomic E-state index is 14.9. The Kier molecular flexibility index (Phi) is 27.7. The fraction of sp³-hybridized carbons (Fsp3) is 0.635. The second-order valence-electron chi connectivity index (χ2n) is 23.5. The third-order valence-corrected chi connectivity index (χ3v) is 16.4. The summed E-state index contributed by atoms with van der Waals surface area (Å²) in [6.45, 7) is 15.6. The molecule has 2 fully saturated rings. The predicted octanol–water partition coefficient (Wildman–Crippen LogP) is 6.72. The molecule has 0 spiro atoms. The lowest BCUT2D eigenvalue weighted by molar-refractivity contribution is -0.245. The van der Waals surface area contributed by atoms with E-state index in [1.165, 1.54) is 54.0 Å². The first-order valence-corrected chi connectivity index (χ1v) is 30.3. The molecule has 0 bridgehead atoms. The first kappa shape index (κ1) is 72.7. The first-order valence-electron chi connectivity index (χ1n) is 30.3. The second kappa shape index (κ2) is 34.3. The minimum absolute atomic E-state index is 0.130. The van der Waals surface area contributed by atoms with Gasteiger partial charge in [-0.2, -0.15) is 0 Å². The summed E-state index contributed by atoms with van der Waals surface area (Å²) in [7, 11) is 7.24. The molecule has 1 aromatic heterocycles. The van der Waals surface area contributed by atoms with Gasteiger partial charge in [0.2, 0.25) is 29.9 Å². The summed E-state index contributed by atoms with van der Waals surface area (Å²) in [6, 6.07) is 9.50. The van der Waals surface area contributed by atoms with Crippen molar-refractivity contribution in [2.75, 3.05) is 48.6 Å². The molecule has 2 unspecified atom stereocenters. The number of ether oxygens (including phenoxy) is 9. The van der Waals surface area contributed by atoms with E-state index >= 15 is 0 Å². The Morgan fingerprint density at radius 1 is 0.833 bits per heavy atom. The van der Waals surface area contributed by atoms with Gasteiger partial charge >= 0.3 is 30.0 Å². The van der Waals surface area contributed by atoms with Crippen LogP contribution in [0.4, 0.5) is 4.79 Å². The minimum atomic E-state index is -1.17. The highest BCUT2D eigenvalue weighted by atomic mass is 16.7. The van der Waals surface area contributed by atoms with Gasteiger partial charge in [0.1, 0.15) is 60.6 Å². The number of esters is 4. The van der Waals surface area contributed by atoms with Gasteiger partial charge in [-0.15, -0.1) is 0 Å². The number of furan rings is 1. The number of methoxy groups -OCH3 is 3. The molecule has 27 heteroatoms. The number of carbonyl (C=O) groups excluding carboxylic acids is 9. The lowest BCUT2D eigenvalue weighted by Gasteiger charge is -2.41. The molecule has 5 amide bonds. The highest BCUT2D eigenvalue weighted by molar-refractivity contribution is 5.92. The number of nitrogens with zero attached hydrogens (tertiary/aromatic N) is 6. The molecule has 2 aliphatic heterocycles. The summed E-state index contributed by atoms with van der Waals surface area (Å²) < 4.78 is 57.6. The van der Waals surface area contributed by atoms with Gasteiger partial charge in [-0.25, -0.2) is 9.59 Å². The number of hydrogen-bond acceptors (Lipinski definition) is 20. The van der Waals surface area contributed by atoms with Crippen molar-refractivity contribution in [2.24, 2.45) is 28.8 Å². The monoisotopic (exact) mass is 1260 g/mol. The quantitative estimate of drug-likeness (QED) is 0.0222. The van der Waals surface area contributed by atoms with Crippen LogP contribution in [-0.4, -0.2) is 184 Å².